The number of aliphatic hydroxyl groups is 1. The summed E-state index contributed by atoms with van der Waals surface area (Å²) in [5, 5.41) is 9.17. The third kappa shape index (κ3) is 27.1. The summed E-state index contributed by atoms with van der Waals surface area (Å²) in [5.74, 6) is -0.200. The number of hydrogen-bond donors (Lipinski definition) is 1. The first-order valence-electron chi connectivity index (χ1n) is 10.5. The third-order valence-corrected chi connectivity index (χ3v) is 5.55. The quantitative estimate of drug-likeness (QED) is 0.205. The fourth-order valence-corrected chi connectivity index (χ4v) is 3.75. The van der Waals surface area contributed by atoms with Gasteiger partial charge in [0.1, 0.15) is 0 Å². The van der Waals surface area contributed by atoms with Gasteiger partial charge in [-0.2, -0.15) is 0 Å². The molecule has 4 nitrogen and oxygen atoms in total. The van der Waals surface area contributed by atoms with E-state index in [1.165, 1.54) is 70.6 Å². The van der Waals surface area contributed by atoms with E-state index < -0.39 is 10.1 Å². The largest absolute Gasteiger partial charge is 1.00 e. The predicted molar refractivity (Wildman–Crippen MR) is 105 cm³/mol. The summed E-state index contributed by atoms with van der Waals surface area (Å²) in [6, 6.07) is 0. The Kier molecular flexibility index (Phi) is 23.0. The van der Waals surface area contributed by atoms with Crippen LogP contribution in [0.2, 0.25) is 0 Å². The predicted octanol–water partition coefficient (Wildman–Crippen LogP) is 2.55. The van der Waals surface area contributed by atoms with Crippen LogP contribution in [0.4, 0.5) is 0 Å². The van der Waals surface area contributed by atoms with Crippen LogP contribution >= 0.6 is 0 Å². The molecule has 1 atom stereocenters. The third-order valence-electron chi connectivity index (χ3n) is 4.77. The molecule has 0 saturated carbocycles. The summed E-state index contributed by atoms with van der Waals surface area (Å²) < 4.78 is 31.3. The van der Waals surface area contributed by atoms with Crippen molar-refractivity contribution in [3.05, 3.63) is 0 Å². The van der Waals surface area contributed by atoms with Crippen LogP contribution in [-0.2, 0) is 10.1 Å². The van der Waals surface area contributed by atoms with Crippen molar-refractivity contribution in [3.63, 3.8) is 0 Å². The normalized spacial score (nSPS) is 12.7. The first-order valence-corrected chi connectivity index (χ1v) is 12.1. The van der Waals surface area contributed by atoms with Crippen LogP contribution < -0.4 is 29.6 Å². The van der Waals surface area contributed by atoms with Gasteiger partial charge in [0.05, 0.1) is 16.2 Å². The maximum Gasteiger partial charge on any atom is 1.00 e. The van der Waals surface area contributed by atoms with Gasteiger partial charge in [-0.05, 0) is 19.8 Å². The molecule has 0 aliphatic carbocycles. The molecule has 0 aromatic rings. The Labute approximate surface area is 185 Å². The van der Waals surface area contributed by atoms with E-state index >= 15 is 0 Å². The van der Waals surface area contributed by atoms with Gasteiger partial charge < -0.3 is 9.66 Å². The Bertz CT molecular complexity index is 372. The molecule has 0 heterocycles. The smallest absolute Gasteiger partial charge is 0.748 e. The van der Waals surface area contributed by atoms with Gasteiger partial charge in [-0.15, -0.1) is 0 Å². The Morgan fingerprint density at radius 3 is 1.19 bits per heavy atom. The van der Waals surface area contributed by atoms with Crippen molar-refractivity contribution in [3.8, 4) is 0 Å². The van der Waals surface area contributed by atoms with Crippen LogP contribution in [0.25, 0.3) is 0 Å². The van der Waals surface area contributed by atoms with Crippen LogP contribution in [0.3, 0.4) is 0 Å². The van der Waals surface area contributed by atoms with Crippen LogP contribution in [0, 0.1) is 0 Å². The summed E-state index contributed by atoms with van der Waals surface area (Å²) in [6.45, 7) is 1.87. The first-order chi connectivity index (χ1) is 11.9. The Hall–Kier alpha value is 0.870. The summed E-state index contributed by atoms with van der Waals surface area (Å²) >= 11 is 0. The van der Waals surface area contributed by atoms with Crippen LogP contribution in [0.5, 0.6) is 0 Å². The Morgan fingerprint density at radius 1 is 0.654 bits per heavy atom. The molecule has 6 heteroatoms. The molecule has 0 bridgehead atoms. The van der Waals surface area contributed by atoms with Gasteiger partial charge in [0.2, 0.25) is 0 Å². The van der Waals surface area contributed by atoms with Crippen molar-refractivity contribution >= 4 is 10.1 Å². The molecule has 0 fully saturated rings. The average Bonchev–Trinajstić information content (AvgIpc) is 2.52. The summed E-state index contributed by atoms with van der Waals surface area (Å²) in [5.41, 5.74) is 0. The number of unbranched alkanes of at least 4 members (excludes halogenated alkanes) is 15. The van der Waals surface area contributed by atoms with Gasteiger partial charge in [-0.25, -0.2) is 8.42 Å². The molecule has 0 spiro atoms. The van der Waals surface area contributed by atoms with Crippen molar-refractivity contribution in [2.75, 3.05) is 5.75 Å². The summed E-state index contributed by atoms with van der Waals surface area (Å²) in [7, 11) is -4.01. The van der Waals surface area contributed by atoms with Gasteiger partial charge >= 0.3 is 29.6 Å². The van der Waals surface area contributed by atoms with E-state index in [2.05, 4.69) is 0 Å². The molecule has 152 valence electrons. The Balaban J connectivity index is 0. The molecule has 0 amide bonds. The maximum absolute atomic E-state index is 10.4. The Morgan fingerprint density at radius 2 is 0.923 bits per heavy atom. The number of rotatable bonds is 19. The molecule has 0 rings (SSSR count). The molecular formula is C20H41NaO4S. The van der Waals surface area contributed by atoms with E-state index in [1.54, 1.807) is 0 Å². The molecule has 26 heavy (non-hydrogen) atoms. The molecule has 1 N–H and O–H groups in total. The minimum Gasteiger partial charge on any atom is -0.748 e. The minimum absolute atomic E-state index is 0. The monoisotopic (exact) mass is 400 g/mol. The van der Waals surface area contributed by atoms with E-state index in [9.17, 15) is 18.1 Å². The van der Waals surface area contributed by atoms with Gasteiger partial charge in [0.15, 0.2) is 0 Å². The van der Waals surface area contributed by atoms with Gasteiger partial charge in [0.25, 0.3) is 0 Å². The molecular weight excluding hydrogens is 359 g/mol. The zero-order valence-electron chi connectivity index (χ0n) is 17.4. The standard InChI is InChI=1S/C20H42O4S.Na/c1-20(21)18-16-14-12-10-8-6-4-2-3-5-7-9-11-13-15-17-19-25(22,23)24;/h20-21H,2-19H2,1H3,(H,22,23,24);/q;+1/p-1. The minimum atomic E-state index is -4.01. The zero-order valence-corrected chi connectivity index (χ0v) is 20.2. The number of aliphatic hydroxyl groups excluding tert-OH is 1. The second kappa shape index (κ2) is 20.6. The second-order valence-electron chi connectivity index (χ2n) is 7.56. The molecule has 0 aliphatic heterocycles. The van der Waals surface area contributed by atoms with Crippen molar-refractivity contribution < 1.29 is 47.6 Å². The molecule has 1 unspecified atom stereocenters. The van der Waals surface area contributed by atoms with Crippen LogP contribution in [-0.4, -0.2) is 29.9 Å². The van der Waals surface area contributed by atoms with Gasteiger partial charge in [0, 0.05) is 5.75 Å². The number of hydrogen-bond acceptors (Lipinski definition) is 4. The van der Waals surface area contributed by atoms with E-state index in [0.29, 0.717) is 6.42 Å². The molecule has 0 radical (unpaired) electrons. The average molecular weight is 401 g/mol. The topological polar surface area (TPSA) is 77.4 Å². The molecule has 0 aromatic heterocycles. The van der Waals surface area contributed by atoms with E-state index in [4.69, 9.17) is 0 Å². The van der Waals surface area contributed by atoms with Crippen LogP contribution in [0.1, 0.15) is 116 Å². The second-order valence-corrected chi connectivity index (χ2v) is 9.08. The zero-order chi connectivity index (χ0) is 18.8. The maximum atomic E-state index is 10.4. The van der Waals surface area contributed by atoms with Gasteiger partial charge in [-0.3, -0.25) is 0 Å². The first kappa shape index (κ1) is 29.1. The van der Waals surface area contributed by atoms with Crippen molar-refractivity contribution in [1.29, 1.82) is 0 Å². The van der Waals surface area contributed by atoms with Crippen LogP contribution in [0.15, 0.2) is 0 Å². The SMILES string of the molecule is CC(O)CCCCCCCCCCCCCCCCCCS(=O)(=O)[O-].[Na+]. The summed E-state index contributed by atoms with van der Waals surface area (Å²) in [4.78, 5) is 0. The van der Waals surface area contributed by atoms with E-state index in [-0.39, 0.29) is 41.4 Å². The van der Waals surface area contributed by atoms with Gasteiger partial charge in [-0.1, -0.05) is 96.3 Å². The van der Waals surface area contributed by atoms with Crippen molar-refractivity contribution in [2.45, 2.75) is 122 Å². The molecule has 0 aliphatic rings. The molecule has 0 aromatic carbocycles. The van der Waals surface area contributed by atoms with Crippen molar-refractivity contribution in [2.24, 2.45) is 0 Å². The van der Waals surface area contributed by atoms with Crippen molar-refractivity contribution in [1.82, 2.24) is 0 Å². The fourth-order valence-electron chi connectivity index (χ4n) is 3.19. The summed E-state index contributed by atoms with van der Waals surface area (Å²) in [6.07, 6.45) is 20.1. The molecule has 0 saturated heterocycles. The van der Waals surface area contributed by atoms with E-state index in [1.807, 2.05) is 6.92 Å². The van der Waals surface area contributed by atoms with E-state index in [0.717, 1.165) is 32.1 Å². The fraction of sp³-hybridized carbons (Fsp3) is 1.00.